The first-order valence-electron chi connectivity index (χ1n) is 10.4. The average molecular weight is 412 g/mol. The second-order valence-electron chi connectivity index (χ2n) is 8.13. The highest BCUT2D eigenvalue weighted by atomic mass is 32.1. The van der Waals surface area contributed by atoms with E-state index in [1.54, 1.807) is 7.05 Å². The molecule has 3 aromatic rings. The number of aromatic nitrogens is 4. The molecule has 3 heterocycles. The van der Waals surface area contributed by atoms with Crippen molar-refractivity contribution in [3.05, 3.63) is 45.6 Å². The van der Waals surface area contributed by atoms with E-state index in [0.717, 1.165) is 41.7 Å². The van der Waals surface area contributed by atoms with E-state index in [9.17, 15) is 9.59 Å². The Morgan fingerprint density at radius 3 is 2.55 bits per heavy atom. The molecular weight excluding hydrogens is 386 g/mol. The van der Waals surface area contributed by atoms with E-state index >= 15 is 0 Å². The van der Waals surface area contributed by atoms with E-state index in [2.05, 4.69) is 10.1 Å². The van der Waals surface area contributed by atoms with E-state index in [1.165, 1.54) is 28.9 Å². The number of benzene rings is 1. The molecule has 8 heteroatoms. The van der Waals surface area contributed by atoms with Crippen LogP contribution in [0.1, 0.15) is 66.1 Å². The second kappa shape index (κ2) is 7.40. The smallest absolute Gasteiger partial charge is 0.337 e. The number of carbonyl (C=O) groups is 1. The largest absolute Gasteiger partial charge is 0.345 e. The maximum Gasteiger partial charge on any atom is 0.345 e. The number of thiazole rings is 1. The number of rotatable bonds is 3. The van der Waals surface area contributed by atoms with Crippen molar-refractivity contribution in [3.8, 4) is 0 Å². The van der Waals surface area contributed by atoms with Crippen LogP contribution in [0.2, 0.25) is 0 Å². The van der Waals surface area contributed by atoms with Gasteiger partial charge in [0.25, 0.3) is 5.91 Å². The molecule has 5 rings (SSSR count). The molecule has 1 aliphatic heterocycles. The lowest BCUT2D eigenvalue weighted by Gasteiger charge is -2.31. The zero-order valence-corrected chi connectivity index (χ0v) is 17.4. The third-order valence-electron chi connectivity index (χ3n) is 6.30. The molecule has 29 heavy (non-hydrogen) atoms. The van der Waals surface area contributed by atoms with Crippen molar-refractivity contribution in [2.75, 3.05) is 13.1 Å². The number of likely N-dealkylation sites (tertiary alicyclic amines) is 1. The minimum Gasteiger partial charge on any atom is -0.337 e. The first-order valence-corrected chi connectivity index (χ1v) is 11.2. The van der Waals surface area contributed by atoms with Gasteiger partial charge in [-0.05, 0) is 37.8 Å². The number of aryl methyl sites for hydroxylation is 1. The van der Waals surface area contributed by atoms with Gasteiger partial charge in [-0.3, -0.25) is 9.36 Å². The van der Waals surface area contributed by atoms with Crippen LogP contribution in [-0.2, 0) is 7.05 Å². The summed E-state index contributed by atoms with van der Waals surface area (Å²) < 4.78 is 4.47. The normalized spacial score (nSPS) is 18.7. The van der Waals surface area contributed by atoms with Crippen molar-refractivity contribution in [2.45, 2.75) is 50.5 Å². The number of para-hydroxylation sites is 1. The van der Waals surface area contributed by atoms with E-state index in [4.69, 9.17) is 0 Å². The van der Waals surface area contributed by atoms with Crippen molar-refractivity contribution in [3.63, 3.8) is 0 Å². The Morgan fingerprint density at radius 1 is 1.10 bits per heavy atom. The van der Waals surface area contributed by atoms with Gasteiger partial charge in [0, 0.05) is 32.1 Å². The summed E-state index contributed by atoms with van der Waals surface area (Å²) in [6, 6.07) is 8.14. The van der Waals surface area contributed by atoms with Crippen LogP contribution >= 0.6 is 11.3 Å². The summed E-state index contributed by atoms with van der Waals surface area (Å²) in [6.07, 6.45) is 6.15. The SMILES string of the molecule is Cn1nc(C2CCN(C(=O)c3nc4ccccc4s3)CC2)n(C2CCCC2)c1=O. The third kappa shape index (κ3) is 3.29. The Hall–Kier alpha value is -2.48. The highest BCUT2D eigenvalue weighted by Crippen LogP contribution is 2.34. The molecule has 0 bridgehead atoms. The van der Waals surface area contributed by atoms with Crippen LogP contribution in [0.3, 0.4) is 0 Å². The molecule has 1 aromatic carbocycles. The minimum absolute atomic E-state index is 0.000110. The predicted molar refractivity (Wildman–Crippen MR) is 112 cm³/mol. The van der Waals surface area contributed by atoms with Gasteiger partial charge in [0.2, 0.25) is 0 Å². The summed E-state index contributed by atoms with van der Waals surface area (Å²) in [6.45, 7) is 1.35. The Balaban J connectivity index is 1.32. The number of hydrogen-bond acceptors (Lipinski definition) is 5. The van der Waals surface area contributed by atoms with E-state index in [0.29, 0.717) is 18.1 Å². The van der Waals surface area contributed by atoms with Crippen molar-refractivity contribution in [1.82, 2.24) is 24.2 Å². The van der Waals surface area contributed by atoms with Crippen LogP contribution in [0.5, 0.6) is 0 Å². The first kappa shape index (κ1) is 18.5. The molecule has 152 valence electrons. The maximum atomic E-state index is 12.9. The third-order valence-corrected chi connectivity index (χ3v) is 7.32. The summed E-state index contributed by atoms with van der Waals surface area (Å²) in [5.74, 6) is 1.15. The van der Waals surface area contributed by atoms with Gasteiger partial charge >= 0.3 is 5.69 Å². The lowest BCUT2D eigenvalue weighted by molar-refractivity contribution is 0.0709. The fourth-order valence-electron chi connectivity index (χ4n) is 4.72. The summed E-state index contributed by atoms with van der Waals surface area (Å²) in [4.78, 5) is 32.0. The summed E-state index contributed by atoms with van der Waals surface area (Å²) in [7, 11) is 1.74. The Labute approximate surface area is 173 Å². The molecule has 1 saturated carbocycles. The molecule has 7 nitrogen and oxygen atoms in total. The van der Waals surface area contributed by atoms with E-state index < -0.39 is 0 Å². The number of piperidine rings is 1. The molecule has 1 aliphatic carbocycles. The molecule has 1 saturated heterocycles. The number of hydrogen-bond donors (Lipinski definition) is 0. The molecule has 0 radical (unpaired) electrons. The molecule has 0 spiro atoms. The lowest BCUT2D eigenvalue weighted by atomic mass is 9.95. The molecule has 0 N–H and O–H groups in total. The van der Waals surface area contributed by atoms with E-state index in [-0.39, 0.29) is 23.6 Å². The van der Waals surface area contributed by atoms with Gasteiger partial charge in [0.05, 0.1) is 10.2 Å². The quantitative estimate of drug-likeness (QED) is 0.663. The number of fused-ring (bicyclic) bond motifs is 1. The number of nitrogens with zero attached hydrogens (tertiary/aromatic N) is 5. The van der Waals surface area contributed by atoms with Crippen LogP contribution in [0.15, 0.2) is 29.1 Å². The van der Waals surface area contributed by atoms with Crippen LogP contribution in [-0.4, -0.2) is 43.2 Å². The Morgan fingerprint density at radius 2 is 1.83 bits per heavy atom. The van der Waals surface area contributed by atoms with Gasteiger partial charge in [-0.1, -0.05) is 25.0 Å². The molecule has 2 aliphatic rings. The summed E-state index contributed by atoms with van der Waals surface area (Å²) in [5, 5.41) is 5.15. The van der Waals surface area contributed by atoms with Crippen molar-refractivity contribution < 1.29 is 4.79 Å². The van der Waals surface area contributed by atoms with Gasteiger partial charge in [-0.25, -0.2) is 14.5 Å². The molecular formula is C21H25N5O2S. The number of amides is 1. The first-order chi connectivity index (χ1) is 14.1. The van der Waals surface area contributed by atoms with Gasteiger partial charge in [-0.2, -0.15) is 5.10 Å². The van der Waals surface area contributed by atoms with Crippen molar-refractivity contribution in [2.24, 2.45) is 7.05 Å². The molecule has 2 fully saturated rings. The highest BCUT2D eigenvalue weighted by molar-refractivity contribution is 7.20. The second-order valence-corrected chi connectivity index (χ2v) is 9.16. The maximum absolute atomic E-state index is 12.9. The molecule has 0 atom stereocenters. The van der Waals surface area contributed by atoms with Crippen LogP contribution < -0.4 is 5.69 Å². The van der Waals surface area contributed by atoms with Crippen LogP contribution in [0.25, 0.3) is 10.2 Å². The van der Waals surface area contributed by atoms with Crippen molar-refractivity contribution >= 4 is 27.5 Å². The Kier molecular flexibility index (Phi) is 4.73. The zero-order valence-electron chi connectivity index (χ0n) is 16.6. The van der Waals surface area contributed by atoms with Gasteiger partial charge < -0.3 is 4.90 Å². The molecule has 1 amide bonds. The fraction of sp³-hybridized carbons (Fsp3) is 0.524. The fourth-order valence-corrected chi connectivity index (χ4v) is 5.66. The van der Waals surface area contributed by atoms with Crippen LogP contribution in [0.4, 0.5) is 0 Å². The predicted octanol–water partition coefficient (Wildman–Crippen LogP) is 3.33. The number of carbonyl (C=O) groups excluding carboxylic acids is 1. The van der Waals surface area contributed by atoms with Gasteiger partial charge in [0.15, 0.2) is 5.01 Å². The monoisotopic (exact) mass is 411 g/mol. The molecule has 2 aromatic heterocycles. The lowest BCUT2D eigenvalue weighted by Crippen LogP contribution is -2.38. The van der Waals surface area contributed by atoms with Gasteiger partial charge in [-0.15, -0.1) is 11.3 Å². The van der Waals surface area contributed by atoms with Crippen molar-refractivity contribution in [1.29, 1.82) is 0 Å². The minimum atomic E-state index is -0.000110. The average Bonchev–Trinajstić information content (AvgIpc) is 3.47. The van der Waals surface area contributed by atoms with Gasteiger partial charge in [0.1, 0.15) is 5.82 Å². The summed E-state index contributed by atoms with van der Waals surface area (Å²) in [5.41, 5.74) is 0.879. The van der Waals surface area contributed by atoms with Crippen LogP contribution in [0, 0.1) is 0 Å². The molecule has 0 unspecified atom stereocenters. The zero-order chi connectivity index (χ0) is 20.0. The topological polar surface area (TPSA) is 73.0 Å². The van der Waals surface area contributed by atoms with E-state index in [1.807, 2.05) is 33.7 Å². The Bertz CT molecular complexity index is 1070. The summed E-state index contributed by atoms with van der Waals surface area (Å²) >= 11 is 1.46. The standard InChI is InChI=1S/C21H25N5O2S/c1-24-21(28)26(15-6-2-3-7-15)18(23-24)14-10-12-25(13-11-14)20(27)19-22-16-8-4-5-9-17(16)29-19/h4-5,8-9,14-15H,2-3,6-7,10-13H2,1H3. The highest BCUT2D eigenvalue weighted by Gasteiger charge is 2.32.